The quantitative estimate of drug-likeness (QED) is 0.172. The van der Waals surface area contributed by atoms with Gasteiger partial charge in [0.2, 0.25) is 0 Å². The van der Waals surface area contributed by atoms with Crippen LogP contribution in [0.4, 0.5) is 24.5 Å². The Labute approximate surface area is 256 Å². The number of carbonyl (C=O) groups is 2. The highest BCUT2D eigenvalue weighted by Crippen LogP contribution is 2.33. The maximum absolute atomic E-state index is 13.4. The Balaban J connectivity index is 1.61. The van der Waals surface area contributed by atoms with E-state index in [1.165, 1.54) is 18.3 Å². The molecule has 0 saturated carbocycles. The van der Waals surface area contributed by atoms with E-state index in [0.29, 0.717) is 28.1 Å². The van der Waals surface area contributed by atoms with Gasteiger partial charge in [-0.1, -0.05) is 37.6 Å². The summed E-state index contributed by atoms with van der Waals surface area (Å²) in [5.41, 5.74) is 4.08. The van der Waals surface area contributed by atoms with Crippen LogP contribution in [0.25, 0.3) is 11.3 Å². The van der Waals surface area contributed by atoms with Gasteiger partial charge in [0.15, 0.2) is 0 Å². The molecule has 0 fully saturated rings. The van der Waals surface area contributed by atoms with Crippen LogP contribution >= 0.6 is 0 Å². The van der Waals surface area contributed by atoms with Crippen molar-refractivity contribution in [2.45, 2.75) is 52.8 Å². The van der Waals surface area contributed by atoms with Crippen molar-refractivity contribution < 1.29 is 22.8 Å². The Morgan fingerprint density at radius 1 is 0.818 bits per heavy atom. The number of unbranched alkanes of at least 4 members (excludes halogenated alkanes) is 1. The zero-order chi connectivity index (χ0) is 31.7. The summed E-state index contributed by atoms with van der Waals surface area (Å²) in [6, 6.07) is 21.3. The lowest BCUT2D eigenvalue weighted by atomic mass is 10.0. The monoisotopic (exact) mass is 602 g/mol. The van der Waals surface area contributed by atoms with Gasteiger partial charge in [0.05, 0.1) is 16.9 Å². The van der Waals surface area contributed by atoms with Crippen molar-refractivity contribution >= 4 is 23.2 Å². The van der Waals surface area contributed by atoms with E-state index in [4.69, 9.17) is 0 Å². The normalized spacial score (nSPS) is 11.2. The molecule has 2 amide bonds. The van der Waals surface area contributed by atoms with E-state index in [9.17, 15) is 22.8 Å². The van der Waals surface area contributed by atoms with Crippen LogP contribution in [0.3, 0.4) is 0 Å². The molecule has 9 heteroatoms. The Morgan fingerprint density at radius 3 is 2.27 bits per heavy atom. The molecule has 44 heavy (non-hydrogen) atoms. The third-order valence-corrected chi connectivity index (χ3v) is 7.39. The molecule has 3 aromatic carbocycles. The van der Waals surface area contributed by atoms with Crippen LogP contribution in [-0.4, -0.2) is 29.9 Å². The van der Waals surface area contributed by atoms with Crippen LogP contribution in [-0.2, 0) is 19.1 Å². The molecule has 1 aromatic heterocycles. The predicted octanol–water partition coefficient (Wildman–Crippen LogP) is 8.14. The summed E-state index contributed by atoms with van der Waals surface area (Å²) >= 11 is 0. The Morgan fingerprint density at radius 2 is 1.55 bits per heavy atom. The second kappa shape index (κ2) is 14.7. The summed E-state index contributed by atoms with van der Waals surface area (Å²) in [5, 5.41) is 5.73. The lowest BCUT2D eigenvalue weighted by Crippen LogP contribution is -2.23. The minimum Gasteiger partial charge on any atom is -0.372 e. The molecule has 0 radical (unpaired) electrons. The standard InChI is InChI=1S/C35H37F3N4O2/c1-4-7-10-24-11-8-13-26(19-24)34(44)41-31-16-15-29(42(5-2)6-3)22-30(31)32-21-27(17-18-39-32)33(43)40-23-25-12-9-14-28(20-25)35(36,37)38/h8-9,11-22H,4-7,10,23H2,1-3H3,(H,40,43)(H,41,44). The highest BCUT2D eigenvalue weighted by Gasteiger charge is 2.30. The summed E-state index contributed by atoms with van der Waals surface area (Å²) in [4.78, 5) is 33.1. The molecule has 0 atom stereocenters. The van der Waals surface area contributed by atoms with Crippen molar-refractivity contribution in [2.75, 3.05) is 23.3 Å². The number of alkyl halides is 3. The number of hydrogen-bond donors (Lipinski definition) is 2. The zero-order valence-electron chi connectivity index (χ0n) is 25.2. The topological polar surface area (TPSA) is 74.3 Å². The third-order valence-electron chi connectivity index (χ3n) is 7.39. The molecule has 2 N–H and O–H groups in total. The molecule has 0 aliphatic heterocycles. The molecule has 0 saturated heterocycles. The van der Waals surface area contributed by atoms with E-state index in [1.807, 2.05) is 36.4 Å². The first-order valence-corrected chi connectivity index (χ1v) is 14.8. The number of nitrogens with one attached hydrogen (secondary N) is 2. The largest absolute Gasteiger partial charge is 0.416 e. The van der Waals surface area contributed by atoms with Crippen molar-refractivity contribution in [1.29, 1.82) is 0 Å². The van der Waals surface area contributed by atoms with Crippen LogP contribution in [0, 0.1) is 0 Å². The first-order valence-electron chi connectivity index (χ1n) is 14.8. The van der Waals surface area contributed by atoms with Crippen molar-refractivity contribution in [3.8, 4) is 11.3 Å². The van der Waals surface area contributed by atoms with Gasteiger partial charge in [-0.05, 0) is 92.4 Å². The minimum absolute atomic E-state index is 0.0729. The molecule has 0 aliphatic carbocycles. The molecule has 6 nitrogen and oxygen atoms in total. The number of nitrogens with zero attached hydrogens (tertiary/aromatic N) is 2. The fraction of sp³-hybridized carbons (Fsp3) is 0.286. The molecule has 4 aromatic rings. The average Bonchev–Trinajstić information content (AvgIpc) is 3.03. The van der Waals surface area contributed by atoms with Crippen LogP contribution < -0.4 is 15.5 Å². The Hall–Kier alpha value is -4.66. The fourth-order valence-corrected chi connectivity index (χ4v) is 4.94. The number of amides is 2. The number of rotatable bonds is 12. The number of benzene rings is 3. The summed E-state index contributed by atoms with van der Waals surface area (Å²) in [7, 11) is 0. The van der Waals surface area contributed by atoms with Crippen LogP contribution in [0.15, 0.2) is 85.1 Å². The number of hydrogen-bond acceptors (Lipinski definition) is 4. The number of pyridine rings is 1. The van der Waals surface area contributed by atoms with Crippen molar-refractivity contribution in [3.05, 3.63) is 113 Å². The minimum atomic E-state index is -4.47. The summed E-state index contributed by atoms with van der Waals surface area (Å²) < 4.78 is 39.3. The molecule has 0 unspecified atom stereocenters. The van der Waals surface area contributed by atoms with E-state index < -0.39 is 17.6 Å². The maximum Gasteiger partial charge on any atom is 0.416 e. The Kier molecular flexibility index (Phi) is 10.8. The van der Waals surface area contributed by atoms with Gasteiger partial charge < -0.3 is 15.5 Å². The number of carbonyl (C=O) groups excluding carboxylic acids is 2. The Bertz CT molecular complexity index is 1600. The summed E-state index contributed by atoms with van der Waals surface area (Å²) in [6.45, 7) is 7.71. The van der Waals surface area contributed by atoms with E-state index in [1.54, 1.807) is 18.2 Å². The van der Waals surface area contributed by atoms with E-state index in [2.05, 4.69) is 41.3 Å². The van der Waals surface area contributed by atoms with Crippen molar-refractivity contribution in [3.63, 3.8) is 0 Å². The molecule has 230 valence electrons. The van der Waals surface area contributed by atoms with Gasteiger partial charge in [-0.3, -0.25) is 14.6 Å². The van der Waals surface area contributed by atoms with E-state index in [0.717, 1.165) is 55.7 Å². The van der Waals surface area contributed by atoms with Gasteiger partial charge in [0.1, 0.15) is 0 Å². The first kappa shape index (κ1) is 32.3. The van der Waals surface area contributed by atoms with Gasteiger partial charge in [-0.25, -0.2) is 0 Å². The molecular formula is C35H37F3N4O2. The molecule has 0 bridgehead atoms. The van der Waals surface area contributed by atoms with Gasteiger partial charge in [-0.15, -0.1) is 0 Å². The maximum atomic E-state index is 13.4. The highest BCUT2D eigenvalue weighted by atomic mass is 19.4. The van der Waals surface area contributed by atoms with Crippen molar-refractivity contribution in [2.24, 2.45) is 0 Å². The van der Waals surface area contributed by atoms with E-state index >= 15 is 0 Å². The molecular weight excluding hydrogens is 565 g/mol. The molecule has 1 heterocycles. The summed E-state index contributed by atoms with van der Waals surface area (Å²) in [5.74, 6) is -0.712. The smallest absolute Gasteiger partial charge is 0.372 e. The van der Waals surface area contributed by atoms with Gasteiger partial charge in [0.25, 0.3) is 11.8 Å². The fourth-order valence-electron chi connectivity index (χ4n) is 4.94. The average molecular weight is 603 g/mol. The predicted molar refractivity (Wildman–Crippen MR) is 169 cm³/mol. The van der Waals surface area contributed by atoms with Crippen molar-refractivity contribution in [1.82, 2.24) is 10.3 Å². The first-order chi connectivity index (χ1) is 21.1. The lowest BCUT2D eigenvalue weighted by molar-refractivity contribution is -0.137. The van der Waals surface area contributed by atoms with E-state index in [-0.39, 0.29) is 18.0 Å². The number of halogens is 3. The molecule has 4 rings (SSSR count). The third kappa shape index (κ3) is 8.24. The number of aromatic nitrogens is 1. The summed E-state index contributed by atoms with van der Waals surface area (Å²) in [6.07, 6.45) is 0.0334. The zero-order valence-corrected chi connectivity index (χ0v) is 25.2. The van der Waals surface area contributed by atoms with Gasteiger partial charge in [-0.2, -0.15) is 13.2 Å². The van der Waals surface area contributed by atoms with Gasteiger partial charge >= 0.3 is 6.18 Å². The number of aryl methyl sites for hydroxylation is 1. The second-order valence-corrected chi connectivity index (χ2v) is 10.5. The molecule has 0 aliphatic rings. The SMILES string of the molecule is CCCCc1cccc(C(=O)Nc2ccc(N(CC)CC)cc2-c2cc(C(=O)NCc3cccc(C(F)(F)F)c3)ccn2)c1. The number of anilines is 2. The highest BCUT2D eigenvalue weighted by molar-refractivity contribution is 6.06. The second-order valence-electron chi connectivity index (χ2n) is 10.5. The van der Waals surface area contributed by atoms with Gasteiger partial charge in [0, 0.05) is 48.2 Å². The van der Waals surface area contributed by atoms with Crippen LogP contribution in [0.5, 0.6) is 0 Å². The molecule has 0 spiro atoms. The van der Waals surface area contributed by atoms with Crippen LogP contribution in [0.2, 0.25) is 0 Å². The van der Waals surface area contributed by atoms with Crippen LogP contribution in [0.1, 0.15) is 71.0 Å². The lowest BCUT2D eigenvalue weighted by Gasteiger charge is -2.23.